The summed E-state index contributed by atoms with van der Waals surface area (Å²) >= 11 is 5.39. The van der Waals surface area contributed by atoms with E-state index in [2.05, 4.69) is 53.2 Å². The van der Waals surface area contributed by atoms with Crippen LogP contribution in [0.1, 0.15) is 23.0 Å². The summed E-state index contributed by atoms with van der Waals surface area (Å²) in [6, 6.07) is 10.9. The molecule has 0 aliphatic carbocycles. The lowest BCUT2D eigenvalue weighted by Gasteiger charge is -2.26. The van der Waals surface area contributed by atoms with Gasteiger partial charge in [-0.2, -0.15) is 0 Å². The summed E-state index contributed by atoms with van der Waals surface area (Å²) in [6.45, 7) is 3.04. The highest BCUT2D eigenvalue weighted by Crippen LogP contribution is 2.35. The van der Waals surface area contributed by atoms with E-state index in [0.29, 0.717) is 6.10 Å². The Morgan fingerprint density at radius 1 is 1.29 bits per heavy atom. The van der Waals surface area contributed by atoms with E-state index in [9.17, 15) is 0 Å². The summed E-state index contributed by atoms with van der Waals surface area (Å²) in [5, 5.41) is 0. The Morgan fingerprint density at radius 2 is 2.00 bits per heavy atom. The molecule has 1 saturated heterocycles. The third-order valence-corrected chi connectivity index (χ3v) is 5.31. The van der Waals surface area contributed by atoms with Crippen LogP contribution in [0.25, 0.3) is 10.4 Å². The second-order valence-electron chi connectivity index (χ2n) is 4.28. The summed E-state index contributed by atoms with van der Waals surface area (Å²) in [4.78, 5) is 2.64. The average Bonchev–Trinajstić information content (AvgIpc) is 2.58. The molecule has 0 amide bonds. The van der Waals surface area contributed by atoms with Crippen molar-refractivity contribution in [2.75, 3.05) is 6.61 Å². The monoisotopic (exact) mass is 308 g/mol. The molecule has 0 bridgehead atoms. The molecule has 17 heavy (non-hydrogen) atoms. The molecule has 2 heterocycles. The first-order valence-electron chi connectivity index (χ1n) is 5.72. The van der Waals surface area contributed by atoms with Crippen molar-refractivity contribution < 1.29 is 4.74 Å². The molecule has 1 unspecified atom stereocenters. The molecule has 1 atom stereocenters. The first kappa shape index (κ1) is 11.5. The van der Waals surface area contributed by atoms with Crippen molar-refractivity contribution in [1.29, 1.82) is 0 Å². The molecule has 3 rings (SSSR count). The lowest BCUT2D eigenvalue weighted by molar-refractivity contribution is -0.0527. The third-order valence-electron chi connectivity index (χ3n) is 3.12. The molecule has 88 valence electrons. The fourth-order valence-corrected chi connectivity index (χ4v) is 3.50. The van der Waals surface area contributed by atoms with Crippen LogP contribution >= 0.6 is 27.3 Å². The number of benzene rings is 1. The summed E-state index contributed by atoms with van der Waals surface area (Å²) in [5.74, 6) is 0. The van der Waals surface area contributed by atoms with E-state index in [0.717, 1.165) is 13.0 Å². The van der Waals surface area contributed by atoms with Gasteiger partial charge in [0.15, 0.2) is 0 Å². The zero-order valence-corrected chi connectivity index (χ0v) is 12.0. The van der Waals surface area contributed by atoms with Crippen LogP contribution in [0.2, 0.25) is 0 Å². The van der Waals surface area contributed by atoms with Crippen LogP contribution in [-0.2, 0) is 4.74 Å². The van der Waals surface area contributed by atoms with Crippen molar-refractivity contribution in [3.63, 3.8) is 0 Å². The molecular formula is C14H13BrOS. The Bertz CT molecular complexity index is 506. The summed E-state index contributed by atoms with van der Waals surface area (Å²) < 4.78 is 6.68. The fraction of sp³-hybridized carbons (Fsp3) is 0.286. The van der Waals surface area contributed by atoms with Crippen LogP contribution < -0.4 is 0 Å². The molecule has 0 N–H and O–H groups in total. The molecule has 1 nitrogen and oxygen atoms in total. The number of hydrogen-bond donors (Lipinski definition) is 0. The molecule has 0 saturated carbocycles. The maximum Gasteiger partial charge on any atom is 0.0846 e. The van der Waals surface area contributed by atoms with Crippen LogP contribution in [-0.4, -0.2) is 6.61 Å². The van der Waals surface area contributed by atoms with Gasteiger partial charge in [-0.25, -0.2) is 0 Å². The molecule has 1 fully saturated rings. The van der Waals surface area contributed by atoms with E-state index in [-0.39, 0.29) is 0 Å². The number of ether oxygens (including phenoxy) is 1. The molecule has 1 aromatic carbocycles. The van der Waals surface area contributed by atoms with Gasteiger partial charge in [0.2, 0.25) is 0 Å². The van der Waals surface area contributed by atoms with E-state index in [1.54, 1.807) is 0 Å². The predicted molar refractivity (Wildman–Crippen MR) is 75.5 cm³/mol. The van der Waals surface area contributed by atoms with E-state index in [1.807, 2.05) is 11.3 Å². The zero-order chi connectivity index (χ0) is 11.8. The summed E-state index contributed by atoms with van der Waals surface area (Å²) in [6.07, 6.45) is 1.49. The maximum atomic E-state index is 5.48. The Kier molecular flexibility index (Phi) is 3.07. The largest absolute Gasteiger partial charge is 0.373 e. The van der Waals surface area contributed by atoms with Gasteiger partial charge in [0.05, 0.1) is 12.7 Å². The highest BCUT2D eigenvalue weighted by Gasteiger charge is 2.19. The normalized spacial score (nSPS) is 19.1. The highest BCUT2D eigenvalue weighted by molar-refractivity contribution is 9.10. The lowest BCUT2D eigenvalue weighted by atomic mass is 10.0. The van der Waals surface area contributed by atoms with Crippen molar-refractivity contribution in [3.8, 4) is 10.4 Å². The van der Waals surface area contributed by atoms with Crippen LogP contribution in [0.5, 0.6) is 0 Å². The van der Waals surface area contributed by atoms with Gasteiger partial charge in [-0.05, 0) is 40.0 Å². The molecule has 1 aliphatic rings. The van der Waals surface area contributed by atoms with Crippen LogP contribution in [0.15, 0.2) is 34.8 Å². The van der Waals surface area contributed by atoms with Crippen molar-refractivity contribution in [2.24, 2.45) is 0 Å². The number of halogens is 1. The quantitative estimate of drug-likeness (QED) is 0.763. The van der Waals surface area contributed by atoms with Gasteiger partial charge in [-0.3, -0.25) is 0 Å². The van der Waals surface area contributed by atoms with Crippen LogP contribution in [0.3, 0.4) is 0 Å². The van der Waals surface area contributed by atoms with Gasteiger partial charge in [-0.15, -0.1) is 11.3 Å². The van der Waals surface area contributed by atoms with Gasteiger partial charge >= 0.3 is 0 Å². The standard InChI is InChI=1S/C14H13BrOS/c1-9-12(15)8-14(17-9)11-4-2-10(3-5-11)13-6-7-16-13/h2-5,8,13H,6-7H2,1H3. The smallest absolute Gasteiger partial charge is 0.0846 e. The van der Waals surface area contributed by atoms with E-state index < -0.39 is 0 Å². The van der Waals surface area contributed by atoms with Crippen molar-refractivity contribution in [2.45, 2.75) is 19.4 Å². The Hall–Kier alpha value is -0.640. The lowest BCUT2D eigenvalue weighted by Crippen LogP contribution is -2.17. The maximum absolute atomic E-state index is 5.48. The number of thiophene rings is 1. The van der Waals surface area contributed by atoms with Gasteiger partial charge in [0.25, 0.3) is 0 Å². The van der Waals surface area contributed by atoms with Gasteiger partial charge in [-0.1, -0.05) is 24.3 Å². The number of hydrogen-bond acceptors (Lipinski definition) is 2. The van der Waals surface area contributed by atoms with Crippen molar-refractivity contribution in [1.82, 2.24) is 0 Å². The molecule has 1 aliphatic heterocycles. The van der Waals surface area contributed by atoms with E-state index in [1.165, 1.54) is 25.4 Å². The molecule has 0 spiro atoms. The second kappa shape index (κ2) is 4.56. The molecule has 2 aromatic rings. The average molecular weight is 309 g/mol. The van der Waals surface area contributed by atoms with Crippen molar-refractivity contribution >= 4 is 27.3 Å². The van der Waals surface area contributed by atoms with Gasteiger partial charge in [0.1, 0.15) is 0 Å². The Morgan fingerprint density at radius 3 is 2.47 bits per heavy atom. The predicted octanol–water partition coefficient (Wildman–Crippen LogP) is 4.95. The van der Waals surface area contributed by atoms with Crippen LogP contribution in [0.4, 0.5) is 0 Å². The molecule has 1 aromatic heterocycles. The first-order chi connectivity index (χ1) is 8.24. The Balaban J connectivity index is 1.88. The number of rotatable bonds is 2. The van der Waals surface area contributed by atoms with Crippen LogP contribution in [0, 0.1) is 6.92 Å². The third kappa shape index (κ3) is 2.19. The fourth-order valence-electron chi connectivity index (χ4n) is 1.96. The van der Waals surface area contributed by atoms with Gasteiger partial charge < -0.3 is 4.74 Å². The van der Waals surface area contributed by atoms with Gasteiger partial charge in [0, 0.05) is 20.6 Å². The topological polar surface area (TPSA) is 9.23 Å². The Labute approximate surface area is 114 Å². The minimum atomic E-state index is 0.334. The highest BCUT2D eigenvalue weighted by atomic mass is 79.9. The number of aryl methyl sites for hydroxylation is 1. The SMILES string of the molecule is Cc1sc(-c2ccc(C3CCO3)cc2)cc1Br. The van der Waals surface area contributed by atoms with E-state index in [4.69, 9.17) is 4.74 Å². The van der Waals surface area contributed by atoms with Crippen molar-refractivity contribution in [3.05, 3.63) is 45.2 Å². The molecule has 3 heteroatoms. The summed E-state index contributed by atoms with van der Waals surface area (Å²) in [5.41, 5.74) is 2.58. The molecule has 0 radical (unpaired) electrons. The first-order valence-corrected chi connectivity index (χ1v) is 7.33. The zero-order valence-electron chi connectivity index (χ0n) is 9.57. The molecular weight excluding hydrogens is 296 g/mol. The second-order valence-corrected chi connectivity index (χ2v) is 6.40. The van der Waals surface area contributed by atoms with E-state index >= 15 is 0 Å². The summed E-state index contributed by atoms with van der Waals surface area (Å²) in [7, 11) is 0. The minimum Gasteiger partial charge on any atom is -0.373 e. The minimum absolute atomic E-state index is 0.334.